The summed E-state index contributed by atoms with van der Waals surface area (Å²) in [6.07, 6.45) is 2.44. The van der Waals surface area contributed by atoms with E-state index in [4.69, 9.17) is 9.47 Å². The van der Waals surface area contributed by atoms with E-state index in [0.717, 1.165) is 58.1 Å². The molecule has 5 rings (SSSR count). The average Bonchev–Trinajstić information content (AvgIpc) is 2.81. The highest BCUT2D eigenvalue weighted by Gasteiger charge is 2.49. The van der Waals surface area contributed by atoms with Gasteiger partial charge >= 0.3 is 0 Å². The van der Waals surface area contributed by atoms with Crippen LogP contribution >= 0.6 is 0 Å². The first kappa shape index (κ1) is 24.4. The van der Waals surface area contributed by atoms with Gasteiger partial charge in [0, 0.05) is 47.0 Å². The number of allylic oxidation sites excluding steroid dienone is 4. The van der Waals surface area contributed by atoms with Crippen molar-refractivity contribution < 1.29 is 19.1 Å². The summed E-state index contributed by atoms with van der Waals surface area (Å²) < 4.78 is 10.9. The molecule has 36 heavy (non-hydrogen) atoms. The van der Waals surface area contributed by atoms with Crippen molar-refractivity contribution >= 4 is 17.3 Å². The van der Waals surface area contributed by atoms with E-state index in [1.54, 1.807) is 14.2 Å². The predicted octanol–water partition coefficient (Wildman–Crippen LogP) is 6.59. The maximum absolute atomic E-state index is 13.9. The van der Waals surface area contributed by atoms with Crippen LogP contribution < -0.4 is 14.4 Å². The largest absolute Gasteiger partial charge is 0.497 e. The van der Waals surface area contributed by atoms with Crippen LogP contribution in [0, 0.1) is 10.8 Å². The van der Waals surface area contributed by atoms with E-state index in [-0.39, 0.29) is 28.3 Å². The standard InChI is InChI=1S/C31H35NO4/c1-30(2)15-23-28(25(33)17-30)27(19-8-7-9-22(14-19)36-6)29-24(16-31(3,4)18-26(29)34)32(23)20-10-12-21(35-5)13-11-20/h7-14,27H,15-18H2,1-6H3. The predicted molar refractivity (Wildman–Crippen MR) is 141 cm³/mol. The molecule has 1 aliphatic heterocycles. The van der Waals surface area contributed by atoms with Gasteiger partial charge in [-0.25, -0.2) is 0 Å². The Kier molecular flexibility index (Phi) is 5.85. The summed E-state index contributed by atoms with van der Waals surface area (Å²) in [6, 6.07) is 15.8. The minimum absolute atomic E-state index is 0.122. The number of carbonyl (C=O) groups is 2. The van der Waals surface area contributed by atoms with Gasteiger partial charge < -0.3 is 14.4 Å². The molecule has 0 saturated carbocycles. The van der Waals surface area contributed by atoms with Crippen LogP contribution in [-0.4, -0.2) is 25.8 Å². The van der Waals surface area contributed by atoms with Crippen LogP contribution in [0.1, 0.15) is 64.9 Å². The van der Waals surface area contributed by atoms with E-state index in [9.17, 15) is 9.59 Å². The van der Waals surface area contributed by atoms with Crippen molar-refractivity contribution in [2.45, 2.75) is 59.3 Å². The van der Waals surface area contributed by atoms with Gasteiger partial charge in [-0.15, -0.1) is 0 Å². The number of anilines is 1. The molecule has 2 aliphatic carbocycles. The molecule has 0 fully saturated rings. The number of benzene rings is 2. The Balaban J connectivity index is 1.81. The first-order valence-corrected chi connectivity index (χ1v) is 12.6. The van der Waals surface area contributed by atoms with Crippen LogP contribution in [0.3, 0.4) is 0 Å². The number of ether oxygens (including phenoxy) is 2. The topological polar surface area (TPSA) is 55.8 Å². The highest BCUT2D eigenvalue weighted by atomic mass is 16.5. The minimum Gasteiger partial charge on any atom is -0.497 e. The number of hydrogen-bond donors (Lipinski definition) is 0. The highest BCUT2D eigenvalue weighted by molar-refractivity contribution is 6.08. The SMILES string of the molecule is COc1ccc(N2C3=C(C(=O)CC(C)(C)C3)C(c3cccc(OC)c3)C3=C2CC(C)(C)CC3=O)cc1. The molecule has 0 bridgehead atoms. The van der Waals surface area contributed by atoms with Crippen molar-refractivity contribution in [2.24, 2.45) is 10.8 Å². The molecule has 5 nitrogen and oxygen atoms in total. The second kappa shape index (κ2) is 8.65. The molecule has 188 valence electrons. The van der Waals surface area contributed by atoms with E-state index in [1.807, 2.05) is 48.5 Å². The number of carbonyl (C=O) groups excluding carboxylic acids is 2. The number of ketones is 2. The fourth-order valence-electron chi connectivity index (χ4n) is 6.16. The lowest BCUT2D eigenvalue weighted by Gasteiger charge is -2.49. The maximum Gasteiger partial charge on any atom is 0.162 e. The molecule has 0 spiro atoms. The number of rotatable bonds is 4. The van der Waals surface area contributed by atoms with Crippen molar-refractivity contribution in [2.75, 3.05) is 19.1 Å². The summed E-state index contributed by atoms with van der Waals surface area (Å²) in [5.41, 5.74) is 5.07. The lowest BCUT2D eigenvalue weighted by molar-refractivity contribution is -0.119. The third kappa shape index (κ3) is 4.15. The summed E-state index contributed by atoms with van der Waals surface area (Å²) in [6.45, 7) is 8.62. The van der Waals surface area contributed by atoms with Gasteiger partial charge in [0.25, 0.3) is 0 Å². The first-order chi connectivity index (χ1) is 17.0. The van der Waals surface area contributed by atoms with Gasteiger partial charge in [0.05, 0.1) is 14.2 Å². The molecule has 0 unspecified atom stereocenters. The minimum atomic E-state index is -0.383. The Labute approximate surface area is 213 Å². The van der Waals surface area contributed by atoms with Crippen molar-refractivity contribution in [1.29, 1.82) is 0 Å². The number of nitrogens with zero attached hydrogens (tertiary/aromatic N) is 1. The van der Waals surface area contributed by atoms with Crippen molar-refractivity contribution in [3.05, 3.63) is 76.6 Å². The zero-order valence-corrected chi connectivity index (χ0v) is 22.1. The first-order valence-electron chi connectivity index (χ1n) is 12.6. The normalized spacial score (nSPS) is 21.3. The second-order valence-corrected chi connectivity index (χ2v) is 11.8. The molecule has 0 atom stereocenters. The average molecular weight is 486 g/mol. The van der Waals surface area contributed by atoms with Gasteiger partial charge in [0.1, 0.15) is 11.5 Å². The number of Topliss-reactive ketones (excluding diaryl/α,β-unsaturated/α-hetero) is 2. The van der Waals surface area contributed by atoms with Crippen molar-refractivity contribution in [1.82, 2.24) is 0 Å². The molecule has 0 saturated heterocycles. The van der Waals surface area contributed by atoms with Crippen LogP contribution in [0.4, 0.5) is 5.69 Å². The Morgan fingerprint density at radius 1 is 0.722 bits per heavy atom. The van der Waals surface area contributed by atoms with Gasteiger partial charge in [-0.1, -0.05) is 39.8 Å². The summed E-state index contributed by atoms with van der Waals surface area (Å²) in [7, 11) is 3.30. The molecular weight excluding hydrogens is 450 g/mol. The van der Waals surface area contributed by atoms with Crippen LogP contribution in [0.5, 0.6) is 11.5 Å². The number of methoxy groups -OCH3 is 2. The quantitative estimate of drug-likeness (QED) is 0.489. The zero-order valence-electron chi connectivity index (χ0n) is 22.1. The lowest BCUT2D eigenvalue weighted by atomic mass is 9.63. The Morgan fingerprint density at radius 2 is 1.25 bits per heavy atom. The summed E-state index contributed by atoms with van der Waals surface area (Å²) in [4.78, 5) is 30.0. The smallest absolute Gasteiger partial charge is 0.162 e. The fourth-order valence-corrected chi connectivity index (χ4v) is 6.16. The van der Waals surface area contributed by atoms with Crippen LogP contribution in [-0.2, 0) is 9.59 Å². The van der Waals surface area contributed by atoms with Crippen LogP contribution in [0.15, 0.2) is 71.1 Å². The summed E-state index contributed by atoms with van der Waals surface area (Å²) >= 11 is 0. The summed E-state index contributed by atoms with van der Waals surface area (Å²) in [5.74, 6) is 1.36. The van der Waals surface area contributed by atoms with E-state index >= 15 is 0 Å². The molecular formula is C31H35NO4. The monoisotopic (exact) mass is 485 g/mol. The Hall–Kier alpha value is -3.34. The third-order valence-electron chi connectivity index (χ3n) is 7.67. The Bertz CT molecular complexity index is 1240. The summed E-state index contributed by atoms with van der Waals surface area (Å²) in [5, 5.41) is 0. The lowest BCUT2D eigenvalue weighted by Crippen LogP contribution is -2.44. The van der Waals surface area contributed by atoms with Gasteiger partial charge in [0.2, 0.25) is 0 Å². The Morgan fingerprint density at radius 3 is 1.75 bits per heavy atom. The van der Waals surface area contributed by atoms with Gasteiger partial charge in [0.15, 0.2) is 11.6 Å². The van der Waals surface area contributed by atoms with E-state index < -0.39 is 0 Å². The van der Waals surface area contributed by atoms with Crippen molar-refractivity contribution in [3.8, 4) is 11.5 Å². The van der Waals surface area contributed by atoms with Crippen molar-refractivity contribution in [3.63, 3.8) is 0 Å². The van der Waals surface area contributed by atoms with Gasteiger partial charge in [-0.05, 0) is 65.6 Å². The van der Waals surface area contributed by atoms with Gasteiger partial charge in [-0.3, -0.25) is 9.59 Å². The molecule has 2 aromatic carbocycles. The molecule has 0 N–H and O–H groups in total. The maximum atomic E-state index is 13.9. The van der Waals surface area contributed by atoms with Crippen LogP contribution in [0.2, 0.25) is 0 Å². The molecule has 0 amide bonds. The zero-order chi connectivity index (χ0) is 25.8. The van der Waals surface area contributed by atoms with E-state index in [0.29, 0.717) is 12.8 Å². The third-order valence-corrected chi connectivity index (χ3v) is 7.67. The molecule has 0 aromatic heterocycles. The second-order valence-electron chi connectivity index (χ2n) is 11.8. The molecule has 1 heterocycles. The molecule has 3 aliphatic rings. The van der Waals surface area contributed by atoms with E-state index in [1.165, 1.54) is 0 Å². The number of hydrogen-bond acceptors (Lipinski definition) is 5. The highest BCUT2D eigenvalue weighted by Crippen LogP contribution is 2.55. The fraction of sp³-hybridized carbons (Fsp3) is 0.419. The van der Waals surface area contributed by atoms with Crippen LogP contribution in [0.25, 0.3) is 0 Å². The molecule has 5 heteroatoms. The van der Waals surface area contributed by atoms with Gasteiger partial charge in [-0.2, -0.15) is 0 Å². The van der Waals surface area contributed by atoms with E-state index in [2.05, 4.69) is 32.6 Å². The molecule has 2 aromatic rings. The molecule has 0 radical (unpaired) electrons.